The molecule has 5 heteroatoms. The van der Waals surface area contributed by atoms with Gasteiger partial charge in [0, 0.05) is 18.1 Å². The van der Waals surface area contributed by atoms with Crippen molar-refractivity contribution in [3.05, 3.63) is 39.9 Å². The highest BCUT2D eigenvalue weighted by Gasteiger charge is 2.35. The zero-order valence-corrected chi connectivity index (χ0v) is 16.7. The van der Waals surface area contributed by atoms with Crippen LogP contribution >= 0.6 is 11.3 Å². The molecule has 0 bridgehead atoms. The van der Waals surface area contributed by atoms with Crippen molar-refractivity contribution in [1.82, 2.24) is 4.98 Å². The minimum absolute atomic E-state index is 0.235. The molecule has 3 rings (SSSR count). The van der Waals surface area contributed by atoms with Gasteiger partial charge in [0.05, 0.1) is 17.7 Å². The number of carbonyl (C=O) groups is 1. The number of nitrogens with zero attached hydrogens (tertiary/aromatic N) is 2. The van der Waals surface area contributed by atoms with Crippen LogP contribution in [0, 0.1) is 6.92 Å². The predicted octanol–water partition coefficient (Wildman–Crippen LogP) is 5.18. The Bertz CT molecular complexity index is 793. The Morgan fingerprint density at radius 1 is 1.40 bits per heavy atom. The van der Waals surface area contributed by atoms with Gasteiger partial charge in [-0.1, -0.05) is 20.8 Å². The maximum Gasteiger partial charge on any atom is 0.339 e. The largest absolute Gasteiger partial charge is 0.465 e. The van der Waals surface area contributed by atoms with Gasteiger partial charge in [0.2, 0.25) is 0 Å². The first kappa shape index (κ1) is 17.9. The summed E-state index contributed by atoms with van der Waals surface area (Å²) in [5.74, 6) is 1.08. The van der Waals surface area contributed by atoms with Crippen molar-refractivity contribution in [1.29, 1.82) is 0 Å². The van der Waals surface area contributed by atoms with Crippen LogP contribution in [0.2, 0.25) is 0 Å². The van der Waals surface area contributed by atoms with Crippen molar-refractivity contribution in [2.45, 2.75) is 51.9 Å². The topological polar surface area (TPSA) is 42.4 Å². The summed E-state index contributed by atoms with van der Waals surface area (Å²) in [5, 5.41) is 1.24. The molecule has 1 aliphatic carbocycles. The van der Waals surface area contributed by atoms with Crippen LogP contribution in [0.4, 0.5) is 10.8 Å². The number of pyridine rings is 1. The van der Waals surface area contributed by atoms with E-state index in [0.717, 1.165) is 5.82 Å². The highest BCUT2D eigenvalue weighted by atomic mass is 32.1. The summed E-state index contributed by atoms with van der Waals surface area (Å²) in [4.78, 5) is 19.7. The van der Waals surface area contributed by atoms with E-state index in [1.165, 1.54) is 41.0 Å². The third kappa shape index (κ3) is 3.06. The molecule has 134 valence electrons. The third-order valence-corrected chi connectivity index (χ3v) is 7.05. The van der Waals surface area contributed by atoms with Crippen LogP contribution in [-0.2, 0) is 10.2 Å². The molecule has 2 aromatic rings. The van der Waals surface area contributed by atoms with Crippen molar-refractivity contribution < 1.29 is 9.53 Å². The Kier molecular flexibility index (Phi) is 4.62. The zero-order chi connectivity index (χ0) is 18.4. The highest BCUT2D eigenvalue weighted by molar-refractivity contribution is 7.16. The van der Waals surface area contributed by atoms with Crippen LogP contribution in [0.5, 0.6) is 0 Å². The lowest BCUT2D eigenvalue weighted by Crippen LogP contribution is -2.23. The molecule has 2 heterocycles. The van der Waals surface area contributed by atoms with Gasteiger partial charge in [-0.05, 0) is 54.4 Å². The Balaban J connectivity index is 1.98. The number of anilines is 2. The molecule has 0 radical (unpaired) electrons. The lowest BCUT2D eigenvalue weighted by molar-refractivity contribution is 0.0600. The van der Waals surface area contributed by atoms with Crippen LogP contribution < -0.4 is 4.90 Å². The number of hydrogen-bond acceptors (Lipinski definition) is 5. The molecule has 0 aromatic carbocycles. The van der Waals surface area contributed by atoms with Gasteiger partial charge in [0.1, 0.15) is 5.82 Å². The van der Waals surface area contributed by atoms with E-state index >= 15 is 0 Å². The summed E-state index contributed by atoms with van der Waals surface area (Å²) in [6.45, 7) is 9.25. The number of fused-ring (bicyclic) bond motifs is 1. The molecule has 25 heavy (non-hydrogen) atoms. The molecule has 4 nitrogen and oxygen atoms in total. The van der Waals surface area contributed by atoms with E-state index in [1.807, 2.05) is 24.5 Å². The molecule has 0 amide bonds. The summed E-state index contributed by atoms with van der Waals surface area (Å²) >= 11 is 1.88. The monoisotopic (exact) mass is 358 g/mol. The van der Waals surface area contributed by atoms with E-state index in [4.69, 9.17) is 4.74 Å². The van der Waals surface area contributed by atoms with Crippen LogP contribution in [0.3, 0.4) is 0 Å². The van der Waals surface area contributed by atoms with Crippen LogP contribution in [-0.4, -0.2) is 25.1 Å². The van der Waals surface area contributed by atoms with E-state index < -0.39 is 0 Å². The van der Waals surface area contributed by atoms with E-state index in [9.17, 15) is 4.79 Å². The van der Waals surface area contributed by atoms with Crippen molar-refractivity contribution in [3.8, 4) is 0 Å². The second kappa shape index (κ2) is 6.45. The molecule has 2 aromatic heterocycles. The molecule has 0 saturated heterocycles. The quantitative estimate of drug-likeness (QED) is 0.709. The lowest BCUT2D eigenvalue weighted by Gasteiger charge is -2.33. The van der Waals surface area contributed by atoms with Crippen molar-refractivity contribution in [2.24, 2.45) is 0 Å². The van der Waals surface area contributed by atoms with Gasteiger partial charge in [-0.2, -0.15) is 0 Å². The summed E-state index contributed by atoms with van der Waals surface area (Å²) in [6, 6.07) is 3.64. The molecule has 1 aliphatic rings. The third-order valence-electron chi connectivity index (χ3n) is 5.30. The SMILES string of the molecule is COC(=O)c1ccc(N(C)c2sc3c(c2C)C(C)CCC3(C)C)nc1. The van der Waals surface area contributed by atoms with Crippen LogP contribution in [0.25, 0.3) is 0 Å². The molecular formula is C20H26N2O2S. The fraction of sp³-hybridized carbons (Fsp3) is 0.500. The minimum atomic E-state index is -0.361. The molecule has 0 N–H and O–H groups in total. The number of aromatic nitrogens is 1. The van der Waals surface area contributed by atoms with Gasteiger partial charge in [0.15, 0.2) is 0 Å². The molecular weight excluding hydrogens is 332 g/mol. The average molecular weight is 359 g/mol. The first-order chi connectivity index (χ1) is 11.8. The Hall–Kier alpha value is -1.88. The summed E-state index contributed by atoms with van der Waals surface area (Å²) < 4.78 is 4.74. The van der Waals surface area contributed by atoms with E-state index in [1.54, 1.807) is 12.3 Å². The number of carbonyl (C=O) groups excluding carboxylic acids is 1. The van der Waals surface area contributed by atoms with Gasteiger partial charge >= 0.3 is 5.97 Å². The Morgan fingerprint density at radius 2 is 2.12 bits per heavy atom. The summed E-state index contributed by atoms with van der Waals surface area (Å²) in [5.41, 5.74) is 3.59. The van der Waals surface area contributed by atoms with Gasteiger partial charge in [-0.3, -0.25) is 0 Å². The number of thiophene rings is 1. The van der Waals surface area contributed by atoms with E-state index in [-0.39, 0.29) is 11.4 Å². The van der Waals surface area contributed by atoms with Gasteiger partial charge in [-0.15, -0.1) is 11.3 Å². The lowest BCUT2D eigenvalue weighted by atomic mass is 9.73. The minimum Gasteiger partial charge on any atom is -0.465 e. The number of methoxy groups -OCH3 is 1. The average Bonchev–Trinajstić information content (AvgIpc) is 2.96. The smallest absolute Gasteiger partial charge is 0.339 e. The molecule has 0 aliphatic heterocycles. The van der Waals surface area contributed by atoms with E-state index in [0.29, 0.717) is 11.5 Å². The number of esters is 1. The molecule has 0 fully saturated rings. The second-order valence-electron chi connectivity index (χ2n) is 7.55. The zero-order valence-electron chi connectivity index (χ0n) is 15.8. The Morgan fingerprint density at radius 3 is 2.68 bits per heavy atom. The normalized spacial score (nSPS) is 18.6. The first-order valence-corrected chi connectivity index (χ1v) is 9.49. The van der Waals surface area contributed by atoms with Crippen LogP contribution in [0.15, 0.2) is 18.3 Å². The number of ether oxygens (including phenoxy) is 1. The molecule has 0 saturated carbocycles. The maximum absolute atomic E-state index is 11.6. The first-order valence-electron chi connectivity index (χ1n) is 8.68. The highest BCUT2D eigenvalue weighted by Crippen LogP contribution is 2.51. The summed E-state index contributed by atoms with van der Waals surface area (Å²) in [7, 11) is 3.42. The number of hydrogen-bond donors (Lipinski definition) is 0. The Labute approximate surface area is 153 Å². The van der Waals surface area contributed by atoms with Crippen molar-refractivity contribution in [2.75, 3.05) is 19.1 Å². The van der Waals surface area contributed by atoms with Gasteiger partial charge < -0.3 is 9.64 Å². The fourth-order valence-electron chi connectivity index (χ4n) is 3.69. The van der Waals surface area contributed by atoms with Crippen molar-refractivity contribution >= 4 is 28.1 Å². The van der Waals surface area contributed by atoms with Crippen LogP contribution in [0.1, 0.15) is 65.9 Å². The predicted molar refractivity (Wildman–Crippen MR) is 103 cm³/mol. The fourth-order valence-corrected chi connectivity index (χ4v) is 5.22. The molecule has 1 atom stereocenters. The standard InChI is InChI=1S/C20H26N2O2S/c1-12-9-10-20(3,4)17-16(12)13(2)18(25-17)22(5)15-8-7-14(11-21-15)19(23)24-6/h7-8,11-12H,9-10H2,1-6H3. The van der Waals surface area contributed by atoms with Gasteiger partial charge in [0.25, 0.3) is 0 Å². The van der Waals surface area contributed by atoms with E-state index in [2.05, 4.69) is 37.6 Å². The molecule has 1 unspecified atom stereocenters. The maximum atomic E-state index is 11.6. The summed E-state index contributed by atoms with van der Waals surface area (Å²) in [6.07, 6.45) is 4.05. The van der Waals surface area contributed by atoms with Crippen molar-refractivity contribution in [3.63, 3.8) is 0 Å². The van der Waals surface area contributed by atoms with Gasteiger partial charge in [-0.25, -0.2) is 9.78 Å². The second-order valence-corrected chi connectivity index (χ2v) is 8.55. The molecule has 0 spiro atoms. The number of rotatable bonds is 3.